The van der Waals surface area contributed by atoms with E-state index in [2.05, 4.69) is 27.4 Å². The largest absolute Gasteiger partial charge is 0.352 e. The maximum Gasteiger partial charge on any atom is 0.290 e. The van der Waals surface area contributed by atoms with Gasteiger partial charge in [0.25, 0.3) is 5.56 Å². The Bertz CT molecular complexity index is 610. The molecular formula is C16H22N4O2. The highest BCUT2D eigenvalue weighted by Gasteiger charge is 2.24. The number of nitrogens with one attached hydrogen (secondary N) is 2. The lowest BCUT2D eigenvalue weighted by atomic mass is 10.0. The van der Waals surface area contributed by atoms with Crippen LogP contribution in [0.3, 0.4) is 0 Å². The molecule has 6 heteroatoms. The van der Waals surface area contributed by atoms with Crippen LogP contribution in [0.1, 0.15) is 32.1 Å². The summed E-state index contributed by atoms with van der Waals surface area (Å²) in [5, 5.41) is 3.11. The highest BCUT2D eigenvalue weighted by molar-refractivity contribution is 5.77. The van der Waals surface area contributed by atoms with Crippen LogP contribution in [-0.4, -0.2) is 35.0 Å². The Morgan fingerprint density at radius 1 is 1.45 bits per heavy atom. The van der Waals surface area contributed by atoms with Gasteiger partial charge < -0.3 is 15.2 Å². The first-order chi connectivity index (χ1) is 10.7. The summed E-state index contributed by atoms with van der Waals surface area (Å²) in [6, 6.07) is 0.0908. The van der Waals surface area contributed by atoms with Crippen LogP contribution in [0.4, 0.5) is 5.82 Å². The van der Waals surface area contributed by atoms with Gasteiger partial charge in [-0.2, -0.15) is 0 Å². The first-order valence-electron chi connectivity index (χ1n) is 7.97. The number of hydrogen-bond acceptors (Lipinski definition) is 4. The fourth-order valence-electron chi connectivity index (χ4n) is 3.25. The third-order valence-electron chi connectivity index (χ3n) is 4.33. The van der Waals surface area contributed by atoms with Crippen molar-refractivity contribution in [2.45, 2.75) is 38.1 Å². The minimum atomic E-state index is -0.175. The molecule has 2 N–H and O–H groups in total. The van der Waals surface area contributed by atoms with Crippen LogP contribution in [0.15, 0.2) is 29.3 Å². The molecule has 2 heterocycles. The predicted molar refractivity (Wildman–Crippen MR) is 84.7 cm³/mol. The summed E-state index contributed by atoms with van der Waals surface area (Å²) >= 11 is 0. The number of rotatable bonds is 4. The Kier molecular flexibility index (Phi) is 4.56. The standard InChI is InChI=1S/C16H22N4O2/c21-14(10-12-4-1-2-5-12)19-13-6-3-9-20(11-13)15-16(22)18-8-7-17-15/h1,4,7-8,12-13H,2-3,5-6,9-11H2,(H,18,22)(H,19,21)/t12-,13-/m1/s1. The van der Waals surface area contributed by atoms with Gasteiger partial charge in [0.1, 0.15) is 0 Å². The predicted octanol–water partition coefficient (Wildman–Crippen LogP) is 1.21. The van der Waals surface area contributed by atoms with E-state index in [1.807, 2.05) is 4.90 Å². The second-order valence-corrected chi connectivity index (χ2v) is 6.06. The molecule has 118 valence electrons. The number of nitrogens with zero attached hydrogens (tertiary/aromatic N) is 2. The van der Waals surface area contributed by atoms with E-state index in [1.54, 1.807) is 6.20 Å². The zero-order valence-electron chi connectivity index (χ0n) is 12.6. The van der Waals surface area contributed by atoms with E-state index in [0.29, 0.717) is 24.7 Å². The number of aromatic amines is 1. The second kappa shape index (κ2) is 6.77. The Morgan fingerprint density at radius 3 is 3.14 bits per heavy atom. The molecule has 1 amide bonds. The normalized spacial score (nSPS) is 24.5. The van der Waals surface area contributed by atoms with Gasteiger partial charge in [0.2, 0.25) is 5.91 Å². The van der Waals surface area contributed by atoms with Crippen molar-refractivity contribution in [1.82, 2.24) is 15.3 Å². The Balaban J connectivity index is 1.56. The molecule has 0 aromatic carbocycles. The van der Waals surface area contributed by atoms with Crippen LogP contribution in [-0.2, 0) is 4.79 Å². The van der Waals surface area contributed by atoms with Crippen LogP contribution in [0, 0.1) is 5.92 Å². The minimum absolute atomic E-state index is 0.0908. The zero-order chi connectivity index (χ0) is 15.4. The second-order valence-electron chi connectivity index (χ2n) is 6.06. The summed E-state index contributed by atoms with van der Waals surface area (Å²) in [6.07, 6.45) is 12.0. The summed E-state index contributed by atoms with van der Waals surface area (Å²) < 4.78 is 0. The van der Waals surface area contributed by atoms with Crippen LogP contribution >= 0.6 is 0 Å². The van der Waals surface area contributed by atoms with E-state index < -0.39 is 0 Å². The lowest BCUT2D eigenvalue weighted by molar-refractivity contribution is -0.122. The third-order valence-corrected chi connectivity index (χ3v) is 4.33. The number of hydrogen-bond donors (Lipinski definition) is 2. The minimum Gasteiger partial charge on any atom is -0.352 e. The molecule has 0 radical (unpaired) electrons. The zero-order valence-corrected chi connectivity index (χ0v) is 12.6. The van der Waals surface area contributed by atoms with Gasteiger partial charge in [-0.05, 0) is 31.6 Å². The summed E-state index contributed by atoms with van der Waals surface area (Å²) in [7, 11) is 0. The molecule has 3 rings (SSSR count). The molecule has 2 aliphatic rings. The summed E-state index contributed by atoms with van der Waals surface area (Å²) in [6.45, 7) is 1.45. The SMILES string of the molecule is O=C(C[C@@H]1C=CCC1)N[C@@H]1CCCN(c2ncc[nH]c2=O)C1. The van der Waals surface area contributed by atoms with Crippen molar-refractivity contribution >= 4 is 11.7 Å². The van der Waals surface area contributed by atoms with Crippen molar-refractivity contribution in [1.29, 1.82) is 0 Å². The fourth-order valence-corrected chi connectivity index (χ4v) is 3.25. The van der Waals surface area contributed by atoms with Gasteiger partial charge >= 0.3 is 0 Å². The van der Waals surface area contributed by atoms with Crippen molar-refractivity contribution in [2.75, 3.05) is 18.0 Å². The number of amides is 1. The molecular weight excluding hydrogens is 280 g/mol. The monoisotopic (exact) mass is 302 g/mol. The van der Waals surface area contributed by atoms with Crippen LogP contribution < -0.4 is 15.8 Å². The van der Waals surface area contributed by atoms with Gasteiger partial charge in [-0.3, -0.25) is 9.59 Å². The molecule has 1 aromatic heterocycles. The highest BCUT2D eigenvalue weighted by Crippen LogP contribution is 2.20. The molecule has 0 saturated carbocycles. The molecule has 0 spiro atoms. The molecule has 1 saturated heterocycles. The maximum atomic E-state index is 12.1. The van der Waals surface area contributed by atoms with Gasteiger partial charge in [-0.15, -0.1) is 0 Å². The van der Waals surface area contributed by atoms with E-state index in [4.69, 9.17) is 0 Å². The number of aromatic nitrogens is 2. The number of piperidine rings is 1. The molecule has 6 nitrogen and oxygen atoms in total. The van der Waals surface area contributed by atoms with E-state index in [0.717, 1.165) is 32.2 Å². The molecule has 22 heavy (non-hydrogen) atoms. The van der Waals surface area contributed by atoms with Crippen LogP contribution in [0.5, 0.6) is 0 Å². The average Bonchev–Trinajstić information content (AvgIpc) is 3.00. The number of carbonyl (C=O) groups excluding carboxylic acids is 1. The molecule has 1 aromatic rings. The number of carbonyl (C=O) groups is 1. The van der Waals surface area contributed by atoms with Crippen molar-refractivity contribution < 1.29 is 4.79 Å². The number of H-pyrrole nitrogens is 1. The first-order valence-corrected chi connectivity index (χ1v) is 7.97. The van der Waals surface area contributed by atoms with E-state index in [1.165, 1.54) is 6.20 Å². The Hall–Kier alpha value is -2.11. The molecule has 1 aliphatic carbocycles. The fraction of sp³-hybridized carbons (Fsp3) is 0.562. The third kappa shape index (κ3) is 3.55. The van der Waals surface area contributed by atoms with Crippen molar-refractivity contribution in [3.05, 3.63) is 34.9 Å². The highest BCUT2D eigenvalue weighted by atomic mass is 16.1. The summed E-state index contributed by atoms with van der Waals surface area (Å²) in [5.74, 6) is 0.942. The number of allylic oxidation sites excluding steroid dienone is 2. The van der Waals surface area contributed by atoms with Gasteiger partial charge in [0.15, 0.2) is 5.82 Å². The summed E-state index contributed by atoms with van der Waals surface area (Å²) in [5.41, 5.74) is -0.175. The molecule has 1 fully saturated rings. The molecule has 0 unspecified atom stereocenters. The maximum absolute atomic E-state index is 12.1. The van der Waals surface area contributed by atoms with Gasteiger partial charge in [-0.1, -0.05) is 12.2 Å². The van der Waals surface area contributed by atoms with E-state index >= 15 is 0 Å². The Morgan fingerprint density at radius 2 is 2.36 bits per heavy atom. The van der Waals surface area contributed by atoms with E-state index in [9.17, 15) is 9.59 Å². The smallest absolute Gasteiger partial charge is 0.290 e. The van der Waals surface area contributed by atoms with Crippen molar-refractivity contribution in [3.63, 3.8) is 0 Å². The molecule has 2 atom stereocenters. The molecule has 0 bridgehead atoms. The van der Waals surface area contributed by atoms with Gasteiger partial charge in [0.05, 0.1) is 0 Å². The topological polar surface area (TPSA) is 78.1 Å². The van der Waals surface area contributed by atoms with Crippen LogP contribution in [0.25, 0.3) is 0 Å². The number of anilines is 1. The van der Waals surface area contributed by atoms with Gasteiger partial charge in [0, 0.05) is 37.9 Å². The molecule has 1 aliphatic heterocycles. The average molecular weight is 302 g/mol. The lowest BCUT2D eigenvalue weighted by Gasteiger charge is -2.33. The first kappa shape index (κ1) is 14.8. The Labute approximate surface area is 129 Å². The van der Waals surface area contributed by atoms with Gasteiger partial charge in [-0.25, -0.2) is 4.98 Å². The van der Waals surface area contributed by atoms with Crippen LogP contribution in [0.2, 0.25) is 0 Å². The lowest BCUT2D eigenvalue weighted by Crippen LogP contribution is -2.49. The van der Waals surface area contributed by atoms with E-state index in [-0.39, 0.29) is 17.5 Å². The van der Waals surface area contributed by atoms with Crippen molar-refractivity contribution in [2.24, 2.45) is 5.92 Å². The summed E-state index contributed by atoms with van der Waals surface area (Å²) in [4.78, 5) is 32.7. The van der Waals surface area contributed by atoms with Crippen molar-refractivity contribution in [3.8, 4) is 0 Å². The quantitative estimate of drug-likeness (QED) is 0.820.